The van der Waals surface area contributed by atoms with Gasteiger partial charge in [-0.15, -0.1) is 11.3 Å². The zero-order chi connectivity index (χ0) is 16.1. The molecule has 1 amide bonds. The Bertz CT molecular complexity index is 712. The highest BCUT2D eigenvalue weighted by Crippen LogP contribution is 2.21. The molecule has 0 saturated heterocycles. The van der Waals surface area contributed by atoms with E-state index in [1.807, 2.05) is 0 Å². The predicted octanol–water partition coefficient (Wildman–Crippen LogP) is 2.23. The van der Waals surface area contributed by atoms with Crippen LogP contribution in [0.15, 0.2) is 46.9 Å². The fourth-order valence-corrected chi connectivity index (χ4v) is 2.46. The summed E-state index contributed by atoms with van der Waals surface area (Å²) in [6.07, 6.45) is -1.32. The van der Waals surface area contributed by atoms with Crippen molar-refractivity contribution in [2.45, 2.75) is 13.0 Å². The van der Waals surface area contributed by atoms with Crippen LogP contribution in [0.4, 0.5) is 5.69 Å². The number of benzene rings is 1. The quantitative estimate of drug-likeness (QED) is 0.501. The highest BCUT2D eigenvalue weighted by atomic mass is 32.1. The topological polar surface area (TPSA) is 105 Å². The minimum Gasteiger partial charge on any atom is -0.378 e. The maximum atomic E-state index is 11.8. The molecule has 0 unspecified atom stereocenters. The van der Waals surface area contributed by atoms with Crippen LogP contribution in [0, 0.1) is 10.1 Å². The van der Waals surface area contributed by atoms with Gasteiger partial charge >= 0.3 is 0 Å². The minimum absolute atomic E-state index is 0.0230. The lowest BCUT2D eigenvalue weighted by atomic mass is 10.1. The second kappa shape index (κ2) is 6.92. The molecule has 0 bridgehead atoms. The first-order valence-corrected chi connectivity index (χ1v) is 7.17. The Labute approximate surface area is 130 Å². The molecule has 22 heavy (non-hydrogen) atoms. The van der Waals surface area contributed by atoms with Gasteiger partial charge in [0.1, 0.15) is 0 Å². The van der Waals surface area contributed by atoms with Crippen molar-refractivity contribution in [3.63, 3.8) is 0 Å². The van der Waals surface area contributed by atoms with Crippen molar-refractivity contribution in [3.05, 3.63) is 62.3 Å². The van der Waals surface area contributed by atoms with Crippen LogP contribution in [0.25, 0.3) is 0 Å². The molecule has 1 aromatic carbocycles. The van der Waals surface area contributed by atoms with Crippen LogP contribution in [0.2, 0.25) is 0 Å². The number of hydrogen-bond donors (Lipinski definition) is 2. The number of hydrazone groups is 1. The van der Waals surface area contributed by atoms with Gasteiger partial charge in [0, 0.05) is 6.07 Å². The third-order valence-corrected chi connectivity index (χ3v) is 3.88. The van der Waals surface area contributed by atoms with Gasteiger partial charge in [-0.25, -0.2) is 5.43 Å². The second-order valence-electron chi connectivity index (χ2n) is 4.41. The maximum Gasteiger partial charge on any atom is 0.280 e. The molecule has 0 radical (unpaired) electrons. The maximum absolute atomic E-state index is 11.8. The summed E-state index contributed by atoms with van der Waals surface area (Å²) in [5.74, 6) is -0.670. The smallest absolute Gasteiger partial charge is 0.280 e. The van der Waals surface area contributed by atoms with Gasteiger partial charge < -0.3 is 5.11 Å². The average molecular weight is 319 g/mol. The first-order valence-electron chi connectivity index (χ1n) is 6.29. The number of carbonyl (C=O) groups excluding carboxylic acids is 1. The summed E-state index contributed by atoms with van der Waals surface area (Å²) in [6, 6.07) is 9.84. The Morgan fingerprint density at radius 3 is 2.68 bits per heavy atom. The molecule has 0 aliphatic heterocycles. The number of nitro groups is 1. The number of thiophene rings is 1. The largest absolute Gasteiger partial charge is 0.378 e. The van der Waals surface area contributed by atoms with E-state index in [1.165, 1.54) is 11.4 Å². The average Bonchev–Trinajstić information content (AvgIpc) is 3.02. The zero-order valence-electron chi connectivity index (χ0n) is 11.6. The van der Waals surface area contributed by atoms with Crippen LogP contribution in [0.3, 0.4) is 0 Å². The standard InChI is InChI=1S/C14H13N3O4S/c1-9(12-7-11(8-22-12)17(20)21)15-16-14(19)13(18)10-5-3-2-4-6-10/h2-8,13,18H,1H3,(H,16,19)/t13-/m1/s1. The summed E-state index contributed by atoms with van der Waals surface area (Å²) < 4.78 is 0. The summed E-state index contributed by atoms with van der Waals surface area (Å²) in [5.41, 5.74) is 3.11. The molecule has 0 aliphatic carbocycles. The van der Waals surface area contributed by atoms with Gasteiger partial charge in [0.2, 0.25) is 0 Å². The Morgan fingerprint density at radius 2 is 2.09 bits per heavy atom. The number of carbonyl (C=O) groups is 1. The first-order chi connectivity index (χ1) is 10.5. The van der Waals surface area contributed by atoms with Gasteiger partial charge in [-0.3, -0.25) is 14.9 Å². The number of nitrogens with one attached hydrogen (secondary N) is 1. The molecule has 1 atom stereocenters. The van der Waals surface area contributed by atoms with Crippen molar-refractivity contribution in [1.82, 2.24) is 5.43 Å². The van der Waals surface area contributed by atoms with Crippen molar-refractivity contribution in [1.29, 1.82) is 0 Å². The first kappa shape index (κ1) is 15.8. The molecule has 1 aromatic heterocycles. The molecule has 0 aliphatic rings. The summed E-state index contributed by atoms with van der Waals surface area (Å²) in [6.45, 7) is 1.62. The Hall–Kier alpha value is -2.58. The Morgan fingerprint density at radius 1 is 1.41 bits per heavy atom. The van der Waals surface area contributed by atoms with Gasteiger partial charge in [-0.2, -0.15) is 5.10 Å². The van der Waals surface area contributed by atoms with E-state index in [2.05, 4.69) is 10.5 Å². The molecule has 2 aromatic rings. The normalized spacial score (nSPS) is 12.7. The van der Waals surface area contributed by atoms with Gasteiger partial charge in [-0.05, 0) is 12.5 Å². The van der Waals surface area contributed by atoms with E-state index >= 15 is 0 Å². The van der Waals surface area contributed by atoms with Crippen LogP contribution < -0.4 is 5.43 Å². The van der Waals surface area contributed by atoms with E-state index < -0.39 is 16.9 Å². The molecule has 2 rings (SSSR count). The van der Waals surface area contributed by atoms with Crippen molar-refractivity contribution < 1.29 is 14.8 Å². The fourth-order valence-electron chi connectivity index (χ4n) is 1.65. The van der Waals surface area contributed by atoms with Crippen molar-refractivity contribution >= 4 is 28.6 Å². The number of nitrogens with zero attached hydrogens (tertiary/aromatic N) is 2. The molecule has 0 spiro atoms. The lowest BCUT2D eigenvalue weighted by Gasteiger charge is -2.09. The number of rotatable bonds is 5. The van der Waals surface area contributed by atoms with E-state index in [0.29, 0.717) is 16.2 Å². The van der Waals surface area contributed by atoms with Gasteiger partial charge in [-0.1, -0.05) is 30.3 Å². The van der Waals surface area contributed by atoms with Crippen LogP contribution in [-0.4, -0.2) is 21.6 Å². The van der Waals surface area contributed by atoms with Crippen LogP contribution in [0.1, 0.15) is 23.5 Å². The highest BCUT2D eigenvalue weighted by Gasteiger charge is 2.17. The third kappa shape index (κ3) is 3.74. The van der Waals surface area contributed by atoms with Crippen molar-refractivity contribution in [2.75, 3.05) is 0 Å². The third-order valence-electron chi connectivity index (χ3n) is 2.85. The van der Waals surface area contributed by atoms with E-state index in [4.69, 9.17) is 0 Å². The summed E-state index contributed by atoms with van der Waals surface area (Å²) >= 11 is 1.16. The van der Waals surface area contributed by atoms with E-state index in [1.54, 1.807) is 37.3 Å². The molecule has 7 nitrogen and oxygen atoms in total. The van der Waals surface area contributed by atoms with Crippen molar-refractivity contribution in [2.24, 2.45) is 5.10 Å². The molecule has 8 heteroatoms. The van der Waals surface area contributed by atoms with Gasteiger partial charge in [0.25, 0.3) is 11.6 Å². The summed E-state index contributed by atoms with van der Waals surface area (Å²) in [5, 5.41) is 25.8. The van der Waals surface area contributed by atoms with Crippen LogP contribution in [0.5, 0.6) is 0 Å². The molecular formula is C14H13N3O4S. The molecule has 1 heterocycles. The van der Waals surface area contributed by atoms with Gasteiger partial charge in [0.15, 0.2) is 6.10 Å². The lowest BCUT2D eigenvalue weighted by Crippen LogP contribution is -2.26. The molecule has 114 valence electrons. The van der Waals surface area contributed by atoms with Crippen LogP contribution in [-0.2, 0) is 4.79 Å². The predicted molar refractivity (Wildman–Crippen MR) is 82.7 cm³/mol. The second-order valence-corrected chi connectivity index (χ2v) is 5.32. The molecule has 0 saturated carbocycles. The minimum atomic E-state index is -1.32. The Balaban J connectivity index is 2.03. The summed E-state index contributed by atoms with van der Waals surface area (Å²) in [4.78, 5) is 22.5. The van der Waals surface area contributed by atoms with Crippen molar-refractivity contribution in [3.8, 4) is 0 Å². The van der Waals surface area contributed by atoms with E-state index in [9.17, 15) is 20.0 Å². The monoisotopic (exact) mass is 319 g/mol. The molecule has 2 N–H and O–H groups in total. The fraction of sp³-hybridized carbons (Fsp3) is 0.143. The van der Waals surface area contributed by atoms with E-state index in [0.717, 1.165) is 11.3 Å². The summed E-state index contributed by atoms with van der Waals surface area (Å²) in [7, 11) is 0. The molecule has 0 fully saturated rings. The van der Waals surface area contributed by atoms with Crippen LogP contribution >= 0.6 is 11.3 Å². The number of amides is 1. The van der Waals surface area contributed by atoms with E-state index in [-0.39, 0.29) is 5.69 Å². The molecular weight excluding hydrogens is 306 g/mol. The Kier molecular flexibility index (Phi) is 4.97. The number of aliphatic hydroxyl groups is 1. The lowest BCUT2D eigenvalue weighted by molar-refractivity contribution is -0.384. The number of aliphatic hydroxyl groups excluding tert-OH is 1. The highest BCUT2D eigenvalue weighted by molar-refractivity contribution is 7.12. The SMILES string of the molecule is CC(=NNC(=O)[C@H](O)c1ccccc1)c1cc([N+](=O)[O-])cs1. The number of hydrogen-bond acceptors (Lipinski definition) is 6. The van der Waals surface area contributed by atoms with Gasteiger partial charge in [0.05, 0.1) is 20.9 Å². The zero-order valence-corrected chi connectivity index (χ0v) is 12.4.